The highest BCUT2D eigenvalue weighted by atomic mass is 32.2. The summed E-state index contributed by atoms with van der Waals surface area (Å²) in [4.78, 5) is 4.82. The largest absolute Gasteiger partial charge is 0.298 e. The molecule has 4 rings (SSSR count). The molecule has 0 unspecified atom stereocenters. The van der Waals surface area contributed by atoms with E-state index in [1.165, 1.54) is 11.1 Å². The highest BCUT2D eigenvalue weighted by Gasteiger charge is 2.17. The maximum atomic E-state index is 4.82. The Morgan fingerprint density at radius 2 is 1.69 bits per heavy atom. The van der Waals surface area contributed by atoms with Crippen LogP contribution in [0.15, 0.2) is 71.7 Å². The lowest BCUT2D eigenvalue weighted by Crippen LogP contribution is -2.10. The van der Waals surface area contributed by atoms with E-state index >= 15 is 0 Å². The summed E-state index contributed by atoms with van der Waals surface area (Å²) in [6.07, 6.45) is 1.89. The van der Waals surface area contributed by atoms with Crippen LogP contribution in [0.2, 0.25) is 0 Å². The first-order valence-corrected chi connectivity index (χ1v) is 12.5. The van der Waals surface area contributed by atoms with Gasteiger partial charge in [0.2, 0.25) is 0 Å². The van der Waals surface area contributed by atoms with Crippen molar-refractivity contribution >= 4 is 23.1 Å². The van der Waals surface area contributed by atoms with Gasteiger partial charge in [-0.3, -0.25) is 4.57 Å². The van der Waals surface area contributed by atoms with Crippen LogP contribution in [0.25, 0.3) is 22.0 Å². The maximum absolute atomic E-state index is 4.82. The fraction of sp³-hybridized carbons (Fsp3) is 0.269. The zero-order valence-corrected chi connectivity index (χ0v) is 20.6. The number of aryl methyl sites for hydroxylation is 1. The number of aromatic nitrogens is 4. The van der Waals surface area contributed by atoms with E-state index in [0.29, 0.717) is 6.54 Å². The van der Waals surface area contributed by atoms with Gasteiger partial charge in [0, 0.05) is 28.8 Å². The summed E-state index contributed by atoms with van der Waals surface area (Å²) in [7, 11) is 0. The van der Waals surface area contributed by atoms with Gasteiger partial charge in [-0.2, -0.15) is 0 Å². The minimum absolute atomic E-state index is 0.124. The lowest BCUT2D eigenvalue weighted by atomic mass is 9.87. The number of rotatable bonds is 7. The predicted octanol–water partition coefficient (Wildman–Crippen LogP) is 7.15. The van der Waals surface area contributed by atoms with Crippen LogP contribution >= 0.6 is 23.1 Å². The molecular weight excluding hydrogens is 432 g/mol. The third kappa shape index (κ3) is 5.03. The topological polar surface area (TPSA) is 43.6 Å². The number of thioether (sulfide) groups is 1. The summed E-state index contributed by atoms with van der Waals surface area (Å²) in [5.41, 5.74) is 5.96. The van der Waals surface area contributed by atoms with Crippen LogP contribution in [0.4, 0.5) is 0 Å². The van der Waals surface area contributed by atoms with Crippen molar-refractivity contribution in [2.24, 2.45) is 0 Å². The van der Waals surface area contributed by atoms with Crippen LogP contribution in [-0.4, -0.2) is 19.7 Å². The number of benzene rings is 2. The van der Waals surface area contributed by atoms with E-state index in [0.717, 1.165) is 38.6 Å². The van der Waals surface area contributed by atoms with Crippen LogP contribution in [-0.2, 0) is 17.7 Å². The number of nitrogens with zero attached hydrogens (tertiary/aromatic N) is 4. The van der Waals surface area contributed by atoms with Crippen molar-refractivity contribution in [3.8, 4) is 22.0 Å². The Bertz CT molecular complexity index is 1200. The van der Waals surface area contributed by atoms with E-state index in [4.69, 9.17) is 4.98 Å². The molecule has 2 aromatic carbocycles. The molecule has 0 amide bonds. The highest BCUT2D eigenvalue weighted by Crippen LogP contribution is 2.30. The summed E-state index contributed by atoms with van der Waals surface area (Å²) in [6, 6.07) is 17.1. The Morgan fingerprint density at radius 1 is 1.00 bits per heavy atom. The van der Waals surface area contributed by atoms with Crippen molar-refractivity contribution in [3.63, 3.8) is 0 Å². The second-order valence-electron chi connectivity index (χ2n) is 8.83. The molecule has 32 heavy (non-hydrogen) atoms. The van der Waals surface area contributed by atoms with Crippen molar-refractivity contribution in [2.75, 3.05) is 0 Å². The van der Waals surface area contributed by atoms with Crippen molar-refractivity contribution in [2.45, 2.75) is 50.6 Å². The van der Waals surface area contributed by atoms with Gasteiger partial charge in [-0.1, -0.05) is 92.7 Å². The molecule has 0 saturated heterocycles. The van der Waals surface area contributed by atoms with Crippen molar-refractivity contribution in [3.05, 3.63) is 83.4 Å². The molecular formula is C26H28N4S2. The Balaban J connectivity index is 1.52. The van der Waals surface area contributed by atoms with Gasteiger partial charge in [-0.05, 0) is 17.9 Å². The zero-order chi connectivity index (χ0) is 22.7. The molecule has 0 N–H and O–H groups in total. The molecule has 0 aliphatic carbocycles. The van der Waals surface area contributed by atoms with Crippen LogP contribution in [0.3, 0.4) is 0 Å². The van der Waals surface area contributed by atoms with Gasteiger partial charge in [0.1, 0.15) is 5.01 Å². The fourth-order valence-electron chi connectivity index (χ4n) is 3.36. The molecule has 164 valence electrons. The van der Waals surface area contributed by atoms with E-state index < -0.39 is 0 Å². The summed E-state index contributed by atoms with van der Waals surface area (Å²) in [5, 5.41) is 13.0. The number of hydrogen-bond acceptors (Lipinski definition) is 5. The van der Waals surface area contributed by atoms with Crippen molar-refractivity contribution < 1.29 is 0 Å². The van der Waals surface area contributed by atoms with Crippen LogP contribution in [0.5, 0.6) is 0 Å². The second-order valence-corrected chi connectivity index (χ2v) is 10.6. The second kappa shape index (κ2) is 9.43. The van der Waals surface area contributed by atoms with Gasteiger partial charge in [0.05, 0.1) is 5.69 Å². The molecule has 0 saturated carbocycles. The smallest absolute Gasteiger partial charge is 0.192 e. The first-order valence-electron chi connectivity index (χ1n) is 10.6. The number of allylic oxidation sites excluding steroid dienone is 1. The normalized spacial score (nSPS) is 11.6. The molecule has 6 heteroatoms. The SMILES string of the molecule is C=CCn1c(SCc2csc(-c3ccc(C)cc3)n2)nnc1-c1ccc(C(C)(C)C)cc1. The van der Waals surface area contributed by atoms with Gasteiger partial charge < -0.3 is 0 Å². The molecule has 2 aromatic heterocycles. The third-order valence-corrected chi connectivity index (χ3v) is 7.18. The summed E-state index contributed by atoms with van der Waals surface area (Å²) in [5.74, 6) is 1.62. The van der Waals surface area contributed by atoms with E-state index in [-0.39, 0.29) is 5.41 Å². The van der Waals surface area contributed by atoms with E-state index in [1.807, 2.05) is 6.08 Å². The molecule has 0 bridgehead atoms. The van der Waals surface area contributed by atoms with E-state index in [1.54, 1.807) is 23.1 Å². The lowest BCUT2D eigenvalue weighted by molar-refractivity contribution is 0.590. The Hall–Kier alpha value is -2.70. The quantitative estimate of drug-likeness (QED) is 0.217. The minimum Gasteiger partial charge on any atom is -0.298 e. The van der Waals surface area contributed by atoms with E-state index in [9.17, 15) is 0 Å². The Morgan fingerprint density at radius 3 is 2.34 bits per heavy atom. The molecule has 0 atom stereocenters. The van der Waals surface area contributed by atoms with Gasteiger partial charge in [0.25, 0.3) is 0 Å². The Labute approximate surface area is 198 Å². The monoisotopic (exact) mass is 460 g/mol. The standard InChI is InChI=1S/C26H28N4S2/c1-6-15-30-23(19-11-13-21(14-12-19)26(3,4)5)28-29-25(30)32-17-22-16-31-24(27-22)20-9-7-18(2)8-10-20/h6-14,16H,1,15,17H2,2-5H3. The van der Waals surface area contributed by atoms with Crippen molar-refractivity contribution in [1.29, 1.82) is 0 Å². The maximum Gasteiger partial charge on any atom is 0.192 e. The molecule has 0 aliphatic heterocycles. The average Bonchev–Trinajstić information content (AvgIpc) is 3.40. The molecule has 4 nitrogen and oxygen atoms in total. The predicted molar refractivity (Wildman–Crippen MR) is 136 cm³/mol. The average molecular weight is 461 g/mol. The summed E-state index contributed by atoms with van der Waals surface area (Å²) < 4.78 is 2.12. The molecule has 0 spiro atoms. The van der Waals surface area contributed by atoms with Crippen LogP contribution < -0.4 is 0 Å². The van der Waals surface area contributed by atoms with Crippen molar-refractivity contribution in [1.82, 2.24) is 19.7 Å². The molecule has 0 fully saturated rings. The number of thiazole rings is 1. The lowest BCUT2D eigenvalue weighted by Gasteiger charge is -2.19. The fourth-order valence-corrected chi connectivity index (χ4v) is 5.13. The molecule has 0 aliphatic rings. The first-order chi connectivity index (χ1) is 15.3. The van der Waals surface area contributed by atoms with Gasteiger partial charge in [0.15, 0.2) is 11.0 Å². The third-order valence-electron chi connectivity index (χ3n) is 5.24. The molecule has 4 aromatic rings. The minimum atomic E-state index is 0.124. The van der Waals surface area contributed by atoms with Gasteiger partial charge in [-0.25, -0.2) is 4.98 Å². The highest BCUT2D eigenvalue weighted by molar-refractivity contribution is 7.98. The van der Waals surface area contributed by atoms with Gasteiger partial charge in [-0.15, -0.1) is 28.1 Å². The van der Waals surface area contributed by atoms with Crippen LogP contribution in [0, 0.1) is 6.92 Å². The van der Waals surface area contributed by atoms with Crippen LogP contribution in [0.1, 0.15) is 37.6 Å². The zero-order valence-electron chi connectivity index (χ0n) is 19.0. The van der Waals surface area contributed by atoms with E-state index in [2.05, 4.69) is 103 Å². The first kappa shape index (κ1) is 22.5. The molecule has 0 radical (unpaired) electrons. The number of hydrogen-bond donors (Lipinski definition) is 0. The Kier molecular flexibility index (Phi) is 6.63. The van der Waals surface area contributed by atoms with Gasteiger partial charge >= 0.3 is 0 Å². The molecule has 2 heterocycles. The summed E-state index contributed by atoms with van der Waals surface area (Å²) >= 11 is 3.34. The summed E-state index contributed by atoms with van der Waals surface area (Å²) in [6.45, 7) is 13.4.